The van der Waals surface area contributed by atoms with Gasteiger partial charge in [-0.2, -0.15) is 0 Å². The van der Waals surface area contributed by atoms with E-state index >= 15 is 0 Å². The fourth-order valence-corrected chi connectivity index (χ4v) is 10.3. The molecular weight excluding hydrogens is 669 g/mol. The molecule has 0 N–H and O–H groups in total. The fraction of sp³-hybridized carbons (Fsp3) is 0.0417. The number of thioether (sulfide) groups is 1. The predicted molar refractivity (Wildman–Crippen MR) is 225 cm³/mol. The standard InChI is InChI=1S/C48H34N2S2/c1-4-13-33(14-5-1)34-23-25-37(26-24-34)50(39-27-29-41-40-19-10-11-22-45(40)51-47(41)32-39)44-21-12-20-42-43-31-38(28-30-46(43)52-48(42)44)49(35-15-6-2-7-16-35)36-17-8-3-9-18-36/h1-32,40,45H. The number of thiophene rings is 1. The topological polar surface area (TPSA) is 6.48 Å². The molecule has 8 aromatic rings. The number of para-hydroxylation sites is 2. The van der Waals surface area contributed by atoms with Gasteiger partial charge in [0.05, 0.1) is 10.4 Å². The lowest BCUT2D eigenvalue weighted by Gasteiger charge is -2.27. The Morgan fingerprint density at radius 1 is 0.442 bits per heavy atom. The third kappa shape index (κ3) is 5.43. The SMILES string of the molecule is C1=CC2Sc3cc(N(c4ccc(-c5ccccc5)cc4)c4cccc5c4sc4ccc(N(c6ccccc6)c6ccccc6)cc45)ccc3C2C=C1. The summed E-state index contributed by atoms with van der Waals surface area (Å²) < 4.78 is 2.55. The van der Waals surface area contributed by atoms with Gasteiger partial charge in [-0.3, -0.25) is 0 Å². The van der Waals surface area contributed by atoms with Gasteiger partial charge in [-0.1, -0.05) is 121 Å². The minimum atomic E-state index is 0.434. The second-order valence-electron chi connectivity index (χ2n) is 13.3. The number of nitrogens with zero attached hydrogens (tertiary/aromatic N) is 2. The van der Waals surface area contributed by atoms with Gasteiger partial charge in [0.25, 0.3) is 0 Å². The van der Waals surface area contributed by atoms with E-state index in [0.29, 0.717) is 11.2 Å². The highest BCUT2D eigenvalue weighted by Crippen LogP contribution is 2.52. The van der Waals surface area contributed by atoms with Crippen molar-refractivity contribution < 1.29 is 0 Å². The third-order valence-electron chi connectivity index (χ3n) is 10.2. The van der Waals surface area contributed by atoms with E-state index in [-0.39, 0.29) is 0 Å². The van der Waals surface area contributed by atoms with Crippen molar-refractivity contribution in [2.24, 2.45) is 0 Å². The summed E-state index contributed by atoms with van der Waals surface area (Å²) in [6, 6.07) is 61.8. The molecule has 0 radical (unpaired) electrons. The summed E-state index contributed by atoms with van der Waals surface area (Å²) in [7, 11) is 0. The normalized spacial score (nSPS) is 15.8. The van der Waals surface area contributed by atoms with Crippen LogP contribution >= 0.6 is 23.1 Å². The molecule has 7 aromatic carbocycles. The maximum absolute atomic E-state index is 2.46. The average Bonchev–Trinajstić information content (AvgIpc) is 3.78. The lowest BCUT2D eigenvalue weighted by molar-refractivity contribution is 0.881. The van der Waals surface area contributed by atoms with E-state index in [1.54, 1.807) is 0 Å². The Labute approximate surface area is 312 Å². The van der Waals surface area contributed by atoms with E-state index in [0.717, 1.165) is 22.7 Å². The van der Waals surface area contributed by atoms with Gasteiger partial charge < -0.3 is 9.80 Å². The van der Waals surface area contributed by atoms with Crippen LogP contribution in [0.3, 0.4) is 0 Å². The summed E-state index contributed by atoms with van der Waals surface area (Å²) in [5, 5.41) is 2.99. The molecule has 10 rings (SSSR count). The van der Waals surface area contributed by atoms with Crippen molar-refractivity contribution in [3.8, 4) is 11.1 Å². The maximum atomic E-state index is 2.46. The zero-order valence-electron chi connectivity index (χ0n) is 28.3. The molecule has 248 valence electrons. The molecule has 2 heterocycles. The van der Waals surface area contributed by atoms with Gasteiger partial charge in [-0.25, -0.2) is 0 Å². The molecular formula is C48H34N2S2. The van der Waals surface area contributed by atoms with E-state index in [9.17, 15) is 0 Å². The summed E-state index contributed by atoms with van der Waals surface area (Å²) in [5.41, 5.74) is 10.8. The summed E-state index contributed by atoms with van der Waals surface area (Å²) >= 11 is 3.86. The Kier molecular flexibility index (Phi) is 7.78. The summed E-state index contributed by atoms with van der Waals surface area (Å²) in [4.78, 5) is 6.17. The van der Waals surface area contributed by atoms with Crippen molar-refractivity contribution in [3.05, 3.63) is 200 Å². The maximum Gasteiger partial charge on any atom is 0.0640 e. The molecule has 0 bridgehead atoms. The van der Waals surface area contributed by atoms with Gasteiger partial charge in [0.2, 0.25) is 0 Å². The molecule has 0 saturated carbocycles. The highest BCUT2D eigenvalue weighted by molar-refractivity contribution is 8.00. The monoisotopic (exact) mass is 702 g/mol. The highest BCUT2D eigenvalue weighted by Gasteiger charge is 2.32. The number of rotatable bonds is 7. The van der Waals surface area contributed by atoms with Crippen molar-refractivity contribution >= 4 is 77.4 Å². The van der Waals surface area contributed by atoms with E-state index in [2.05, 4.69) is 204 Å². The number of fused-ring (bicyclic) bond motifs is 6. The van der Waals surface area contributed by atoms with Gasteiger partial charge in [0, 0.05) is 60.0 Å². The molecule has 2 aliphatic rings. The lowest BCUT2D eigenvalue weighted by Crippen LogP contribution is -2.10. The zero-order chi connectivity index (χ0) is 34.4. The largest absolute Gasteiger partial charge is 0.310 e. The molecule has 2 unspecified atom stereocenters. The minimum Gasteiger partial charge on any atom is -0.310 e. The van der Waals surface area contributed by atoms with Gasteiger partial charge >= 0.3 is 0 Å². The fourth-order valence-electron chi connectivity index (χ4n) is 7.72. The molecule has 4 heteroatoms. The Hall–Kier alpha value is -5.81. The van der Waals surface area contributed by atoms with Crippen LogP contribution < -0.4 is 9.80 Å². The molecule has 2 nitrogen and oxygen atoms in total. The molecule has 0 fully saturated rings. The van der Waals surface area contributed by atoms with Crippen LogP contribution in [0.4, 0.5) is 34.1 Å². The van der Waals surface area contributed by atoms with Crippen LogP contribution in [0.25, 0.3) is 31.3 Å². The second kappa shape index (κ2) is 13.1. The van der Waals surface area contributed by atoms with Crippen LogP contribution in [0.1, 0.15) is 11.5 Å². The number of hydrogen-bond acceptors (Lipinski definition) is 4. The van der Waals surface area contributed by atoms with Crippen LogP contribution in [0.2, 0.25) is 0 Å². The third-order valence-corrected chi connectivity index (χ3v) is 12.7. The van der Waals surface area contributed by atoms with Crippen LogP contribution in [0.15, 0.2) is 199 Å². The van der Waals surface area contributed by atoms with Crippen molar-refractivity contribution in [1.82, 2.24) is 0 Å². The zero-order valence-corrected chi connectivity index (χ0v) is 30.0. The molecule has 1 aliphatic heterocycles. The van der Waals surface area contributed by atoms with Gasteiger partial charge in [-0.05, 0) is 89.5 Å². The first-order valence-electron chi connectivity index (χ1n) is 17.8. The van der Waals surface area contributed by atoms with E-state index in [1.807, 2.05) is 23.1 Å². The molecule has 1 aromatic heterocycles. The smallest absolute Gasteiger partial charge is 0.0640 e. The summed E-state index contributed by atoms with van der Waals surface area (Å²) in [5.74, 6) is 0.434. The number of allylic oxidation sites excluding steroid dienone is 3. The Morgan fingerprint density at radius 2 is 1.06 bits per heavy atom. The highest BCUT2D eigenvalue weighted by atomic mass is 32.2. The minimum absolute atomic E-state index is 0.434. The lowest BCUT2D eigenvalue weighted by atomic mass is 9.92. The van der Waals surface area contributed by atoms with Crippen LogP contribution in [-0.2, 0) is 0 Å². The molecule has 52 heavy (non-hydrogen) atoms. The van der Waals surface area contributed by atoms with Crippen LogP contribution in [-0.4, -0.2) is 5.25 Å². The van der Waals surface area contributed by atoms with E-state index < -0.39 is 0 Å². The van der Waals surface area contributed by atoms with Crippen LogP contribution in [0, 0.1) is 0 Å². The number of anilines is 6. The summed E-state index contributed by atoms with van der Waals surface area (Å²) in [6.07, 6.45) is 9.08. The Balaban J connectivity index is 1.13. The first-order chi connectivity index (χ1) is 25.8. The Bertz CT molecular complexity index is 2570. The number of hydrogen-bond donors (Lipinski definition) is 0. The Morgan fingerprint density at radius 3 is 1.81 bits per heavy atom. The molecule has 0 amide bonds. The van der Waals surface area contributed by atoms with Gasteiger partial charge in [0.15, 0.2) is 0 Å². The van der Waals surface area contributed by atoms with Crippen molar-refractivity contribution in [1.29, 1.82) is 0 Å². The van der Waals surface area contributed by atoms with E-state index in [1.165, 1.54) is 53.1 Å². The van der Waals surface area contributed by atoms with Crippen molar-refractivity contribution in [3.63, 3.8) is 0 Å². The first kappa shape index (κ1) is 31.0. The average molecular weight is 703 g/mol. The second-order valence-corrected chi connectivity index (χ2v) is 15.6. The van der Waals surface area contributed by atoms with Crippen molar-refractivity contribution in [2.45, 2.75) is 16.1 Å². The van der Waals surface area contributed by atoms with Crippen LogP contribution in [0.5, 0.6) is 0 Å². The predicted octanol–water partition coefficient (Wildman–Crippen LogP) is 14.3. The summed E-state index contributed by atoms with van der Waals surface area (Å²) in [6.45, 7) is 0. The quantitative estimate of drug-likeness (QED) is 0.163. The molecule has 1 aliphatic carbocycles. The molecule has 0 saturated heterocycles. The van der Waals surface area contributed by atoms with Gasteiger partial charge in [-0.15, -0.1) is 23.1 Å². The molecule has 0 spiro atoms. The molecule has 2 atom stereocenters. The number of benzene rings is 7. The van der Waals surface area contributed by atoms with Gasteiger partial charge in [0.1, 0.15) is 0 Å². The van der Waals surface area contributed by atoms with E-state index in [4.69, 9.17) is 0 Å². The van der Waals surface area contributed by atoms with Crippen molar-refractivity contribution in [2.75, 3.05) is 9.80 Å². The first-order valence-corrected chi connectivity index (χ1v) is 19.4.